The quantitative estimate of drug-likeness (QED) is 0.488. The summed E-state index contributed by atoms with van der Waals surface area (Å²) in [4.78, 5) is 24.5. The van der Waals surface area contributed by atoms with Gasteiger partial charge in [-0.3, -0.25) is 9.52 Å². The van der Waals surface area contributed by atoms with Crippen molar-refractivity contribution in [1.29, 1.82) is 0 Å². The Bertz CT molecular complexity index is 1150. The molecule has 7 nitrogen and oxygen atoms in total. The highest BCUT2D eigenvalue weighted by atomic mass is 79.9. The first kappa shape index (κ1) is 21.5. The summed E-state index contributed by atoms with van der Waals surface area (Å²) >= 11 is 3.25. The van der Waals surface area contributed by atoms with E-state index in [1.165, 1.54) is 24.3 Å². The van der Waals surface area contributed by atoms with Gasteiger partial charge in [0.1, 0.15) is 0 Å². The van der Waals surface area contributed by atoms with Gasteiger partial charge in [-0.25, -0.2) is 13.2 Å². The van der Waals surface area contributed by atoms with Crippen LogP contribution in [0.15, 0.2) is 88.2 Å². The number of carbonyl (C=O) groups is 2. The zero-order chi connectivity index (χ0) is 21.6. The average molecular weight is 489 g/mol. The molecule has 3 rings (SSSR count). The fourth-order valence-corrected chi connectivity index (χ4v) is 3.84. The second-order valence-electron chi connectivity index (χ2n) is 6.10. The van der Waals surface area contributed by atoms with E-state index in [0.29, 0.717) is 5.69 Å². The van der Waals surface area contributed by atoms with Crippen LogP contribution in [0.1, 0.15) is 10.4 Å². The van der Waals surface area contributed by atoms with Crippen LogP contribution in [0.25, 0.3) is 0 Å². The lowest BCUT2D eigenvalue weighted by molar-refractivity contribution is -0.119. The van der Waals surface area contributed by atoms with Gasteiger partial charge in [0.25, 0.3) is 15.9 Å². The van der Waals surface area contributed by atoms with Gasteiger partial charge in [-0.15, -0.1) is 0 Å². The maximum absolute atomic E-state index is 12.6. The molecule has 3 aromatic carbocycles. The molecule has 0 saturated heterocycles. The van der Waals surface area contributed by atoms with E-state index >= 15 is 0 Å². The highest BCUT2D eigenvalue weighted by Crippen LogP contribution is 2.22. The number of halogens is 1. The number of anilines is 2. The number of hydrogen-bond acceptors (Lipinski definition) is 5. The Morgan fingerprint density at radius 1 is 0.867 bits per heavy atom. The van der Waals surface area contributed by atoms with Crippen LogP contribution in [0.5, 0.6) is 0 Å². The molecule has 30 heavy (non-hydrogen) atoms. The molecule has 0 aromatic heterocycles. The zero-order valence-electron chi connectivity index (χ0n) is 15.5. The maximum Gasteiger partial charge on any atom is 0.340 e. The molecule has 0 spiro atoms. The van der Waals surface area contributed by atoms with Crippen molar-refractivity contribution in [2.75, 3.05) is 16.6 Å². The van der Waals surface area contributed by atoms with Crippen molar-refractivity contribution in [3.8, 4) is 0 Å². The first-order valence-electron chi connectivity index (χ1n) is 8.74. The third-order valence-corrected chi connectivity index (χ3v) is 5.82. The van der Waals surface area contributed by atoms with E-state index in [-0.39, 0.29) is 16.1 Å². The van der Waals surface area contributed by atoms with Crippen molar-refractivity contribution in [3.05, 3.63) is 88.9 Å². The number of rotatable bonds is 7. The molecule has 154 valence electrons. The van der Waals surface area contributed by atoms with Crippen LogP contribution in [-0.2, 0) is 19.6 Å². The van der Waals surface area contributed by atoms with E-state index < -0.39 is 28.5 Å². The molecule has 0 fully saturated rings. The highest BCUT2D eigenvalue weighted by molar-refractivity contribution is 9.10. The van der Waals surface area contributed by atoms with Gasteiger partial charge in [-0.05, 0) is 48.5 Å². The van der Waals surface area contributed by atoms with Gasteiger partial charge in [0.2, 0.25) is 0 Å². The first-order valence-corrected chi connectivity index (χ1v) is 11.0. The van der Waals surface area contributed by atoms with Crippen molar-refractivity contribution in [3.63, 3.8) is 0 Å². The fraction of sp³-hybridized carbons (Fsp3) is 0.0476. The number of ether oxygens (including phenoxy) is 1. The van der Waals surface area contributed by atoms with Gasteiger partial charge < -0.3 is 10.1 Å². The van der Waals surface area contributed by atoms with Crippen molar-refractivity contribution in [2.45, 2.75) is 4.90 Å². The third-order valence-electron chi connectivity index (χ3n) is 3.91. The zero-order valence-corrected chi connectivity index (χ0v) is 17.9. The summed E-state index contributed by atoms with van der Waals surface area (Å²) in [6.45, 7) is -0.512. The van der Waals surface area contributed by atoms with E-state index in [9.17, 15) is 18.0 Å². The van der Waals surface area contributed by atoms with Crippen LogP contribution < -0.4 is 10.0 Å². The topological polar surface area (TPSA) is 102 Å². The summed E-state index contributed by atoms with van der Waals surface area (Å²) in [6, 6.07) is 20.8. The normalized spacial score (nSPS) is 10.8. The van der Waals surface area contributed by atoms with Gasteiger partial charge in [0.05, 0.1) is 16.1 Å². The van der Waals surface area contributed by atoms with Crippen LogP contribution >= 0.6 is 15.9 Å². The smallest absolute Gasteiger partial charge is 0.340 e. The Labute approximate surface area is 182 Å². The van der Waals surface area contributed by atoms with Crippen LogP contribution in [0.4, 0.5) is 11.4 Å². The molecule has 2 N–H and O–H groups in total. The van der Waals surface area contributed by atoms with Crippen LogP contribution in [0, 0.1) is 0 Å². The Morgan fingerprint density at radius 2 is 1.50 bits per heavy atom. The number of amides is 1. The number of hydrogen-bond donors (Lipinski definition) is 2. The van der Waals surface area contributed by atoms with Crippen molar-refractivity contribution in [1.82, 2.24) is 0 Å². The van der Waals surface area contributed by atoms with E-state index in [1.54, 1.807) is 48.5 Å². The lowest BCUT2D eigenvalue weighted by Crippen LogP contribution is -2.22. The molecular formula is C21H17BrN2O5S. The minimum atomic E-state index is -3.92. The fourth-order valence-electron chi connectivity index (χ4n) is 2.49. The number of carbonyl (C=O) groups excluding carboxylic acids is 2. The molecule has 0 aliphatic heterocycles. The van der Waals surface area contributed by atoms with Gasteiger partial charge >= 0.3 is 5.97 Å². The van der Waals surface area contributed by atoms with Crippen LogP contribution in [0.3, 0.4) is 0 Å². The number of esters is 1. The van der Waals surface area contributed by atoms with Crippen LogP contribution in [0.2, 0.25) is 0 Å². The van der Waals surface area contributed by atoms with Crippen LogP contribution in [-0.4, -0.2) is 26.9 Å². The predicted molar refractivity (Wildman–Crippen MR) is 117 cm³/mol. The summed E-state index contributed by atoms with van der Waals surface area (Å²) in [6.07, 6.45) is 0. The Kier molecular flexibility index (Phi) is 6.86. The molecule has 0 radical (unpaired) electrons. The molecule has 1 amide bonds. The predicted octanol–water partition coefficient (Wildman–Crippen LogP) is 4.05. The molecule has 0 aliphatic rings. The molecule has 0 aliphatic carbocycles. The molecular weight excluding hydrogens is 472 g/mol. The minimum absolute atomic E-state index is 0.00861. The SMILES string of the molecule is O=C(COC(=O)c1ccccc1NS(=O)(=O)c1ccc(Br)cc1)Nc1ccccc1. The highest BCUT2D eigenvalue weighted by Gasteiger charge is 2.20. The van der Waals surface area contributed by atoms with Gasteiger partial charge in [0, 0.05) is 10.2 Å². The van der Waals surface area contributed by atoms with Gasteiger partial charge in [-0.1, -0.05) is 46.3 Å². The number of sulfonamides is 1. The summed E-state index contributed by atoms with van der Waals surface area (Å²) in [5.41, 5.74) is 0.612. The Balaban J connectivity index is 1.69. The molecule has 3 aromatic rings. The minimum Gasteiger partial charge on any atom is -0.452 e. The Morgan fingerprint density at radius 3 is 2.20 bits per heavy atom. The van der Waals surface area contributed by atoms with Gasteiger partial charge in [0.15, 0.2) is 6.61 Å². The molecule has 0 bridgehead atoms. The van der Waals surface area contributed by atoms with E-state index in [4.69, 9.17) is 4.74 Å². The average Bonchev–Trinajstić information content (AvgIpc) is 2.73. The van der Waals surface area contributed by atoms with Gasteiger partial charge in [-0.2, -0.15) is 0 Å². The summed E-state index contributed by atoms with van der Waals surface area (Å²) in [5, 5.41) is 2.60. The second-order valence-corrected chi connectivity index (χ2v) is 8.69. The number of benzene rings is 3. The molecule has 9 heteroatoms. The van der Waals surface area contributed by atoms with E-state index in [2.05, 4.69) is 26.0 Å². The summed E-state index contributed by atoms with van der Waals surface area (Å²) in [7, 11) is -3.92. The summed E-state index contributed by atoms with van der Waals surface area (Å²) < 4.78 is 33.4. The lowest BCUT2D eigenvalue weighted by Gasteiger charge is -2.12. The van der Waals surface area contributed by atoms with E-state index in [1.807, 2.05) is 6.07 Å². The molecule has 0 unspecified atom stereocenters. The lowest BCUT2D eigenvalue weighted by atomic mass is 10.2. The van der Waals surface area contributed by atoms with Crippen molar-refractivity contribution in [2.24, 2.45) is 0 Å². The number of para-hydroxylation sites is 2. The summed E-state index contributed by atoms with van der Waals surface area (Å²) in [5.74, 6) is -1.34. The third kappa shape index (κ3) is 5.68. The van der Waals surface area contributed by atoms with E-state index in [0.717, 1.165) is 4.47 Å². The molecule has 0 heterocycles. The standard InChI is InChI=1S/C21H17BrN2O5S/c22-15-10-12-17(13-11-15)30(27,28)24-19-9-5-4-8-18(19)21(26)29-14-20(25)23-16-6-2-1-3-7-16/h1-13,24H,14H2,(H,23,25). The Hall–Kier alpha value is -3.17. The number of nitrogens with one attached hydrogen (secondary N) is 2. The van der Waals surface area contributed by atoms with Crippen molar-refractivity contribution >= 4 is 49.2 Å². The largest absolute Gasteiger partial charge is 0.452 e. The van der Waals surface area contributed by atoms with Crippen molar-refractivity contribution < 1.29 is 22.7 Å². The maximum atomic E-state index is 12.6. The molecule has 0 saturated carbocycles. The first-order chi connectivity index (χ1) is 14.3. The monoisotopic (exact) mass is 488 g/mol. The molecule has 0 atom stereocenters. The second kappa shape index (κ2) is 9.55.